The van der Waals surface area contributed by atoms with E-state index in [9.17, 15) is 9.90 Å². The van der Waals surface area contributed by atoms with Crippen molar-refractivity contribution in [2.75, 3.05) is 6.61 Å². The molecule has 4 nitrogen and oxygen atoms in total. The predicted octanol–water partition coefficient (Wildman–Crippen LogP) is 3.97. The first-order valence-corrected chi connectivity index (χ1v) is 7.29. The number of benzene rings is 1. The lowest BCUT2D eigenvalue weighted by Crippen LogP contribution is -2.09. The van der Waals surface area contributed by atoms with Crippen molar-refractivity contribution >= 4 is 32.7 Å². The molecule has 0 spiro atoms. The lowest BCUT2D eigenvalue weighted by molar-refractivity contribution is 0.0489. The number of pyridine rings is 1. The summed E-state index contributed by atoms with van der Waals surface area (Å²) in [5, 5.41) is 11.6. The Hall–Kier alpha value is -1.62. The molecule has 0 atom stereocenters. The zero-order valence-corrected chi connectivity index (χ0v) is 13.0. The third kappa shape index (κ3) is 2.93. The Morgan fingerprint density at radius 2 is 2.15 bits per heavy atom. The standard InChI is InChI=1S/C15H16BrNO3/c1-3-4-7-20-15(19)12-13(18)10-6-5-9(2)8-11(10)14(16)17-12/h5-6,8,18H,3-4,7H2,1-2H3. The number of ether oxygens (including phenoxy) is 1. The quantitative estimate of drug-likeness (QED) is 0.521. The fraction of sp³-hybridized carbons (Fsp3) is 0.333. The average Bonchev–Trinajstić information content (AvgIpc) is 2.42. The largest absolute Gasteiger partial charge is 0.505 e. The number of halogens is 1. The number of aromatic nitrogens is 1. The molecular weight excluding hydrogens is 322 g/mol. The van der Waals surface area contributed by atoms with Crippen LogP contribution in [-0.4, -0.2) is 22.7 Å². The number of carbonyl (C=O) groups excluding carboxylic acids is 1. The van der Waals surface area contributed by atoms with Crippen molar-refractivity contribution in [2.45, 2.75) is 26.7 Å². The van der Waals surface area contributed by atoms with Gasteiger partial charge in [-0.15, -0.1) is 0 Å². The SMILES string of the molecule is CCCCOC(=O)c1nc(Br)c2cc(C)ccc2c1O. The van der Waals surface area contributed by atoms with Gasteiger partial charge < -0.3 is 9.84 Å². The average molecular weight is 338 g/mol. The van der Waals surface area contributed by atoms with Crippen LogP contribution in [0.5, 0.6) is 5.75 Å². The fourth-order valence-corrected chi connectivity index (χ4v) is 2.40. The van der Waals surface area contributed by atoms with E-state index in [-0.39, 0.29) is 11.4 Å². The third-order valence-corrected chi connectivity index (χ3v) is 3.62. The molecule has 20 heavy (non-hydrogen) atoms. The van der Waals surface area contributed by atoms with Crippen LogP contribution in [0.4, 0.5) is 0 Å². The van der Waals surface area contributed by atoms with E-state index in [1.54, 1.807) is 6.07 Å². The highest BCUT2D eigenvalue weighted by molar-refractivity contribution is 9.10. The van der Waals surface area contributed by atoms with Crippen LogP contribution in [0.3, 0.4) is 0 Å². The van der Waals surface area contributed by atoms with Gasteiger partial charge in [0, 0.05) is 10.8 Å². The molecule has 106 valence electrons. The van der Waals surface area contributed by atoms with Crippen LogP contribution in [0.2, 0.25) is 0 Å². The van der Waals surface area contributed by atoms with Gasteiger partial charge in [0.1, 0.15) is 4.60 Å². The van der Waals surface area contributed by atoms with Gasteiger partial charge in [0.25, 0.3) is 0 Å². The number of hydrogen-bond donors (Lipinski definition) is 1. The van der Waals surface area contributed by atoms with Crippen LogP contribution in [0, 0.1) is 6.92 Å². The smallest absolute Gasteiger partial charge is 0.360 e. The monoisotopic (exact) mass is 337 g/mol. The second-order valence-electron chi connectivity index (χ2n) is 4.64. The summed E-state index contributed by atoms with van der Waals surface area (Å²) >= 11 is 3.34. The Labute approximate surface area is 125 Å². The molecule has 0 radical (unpaired) electrons. The molecule has 1 heterocycles. The summed E-state index contributed by atoms with van der Waals surface area (Å²) in [6, 6.07) is 5.55. The van der Waals surface area contributed by atoms with Gasteiger partial charge in [-0.2, -0.15) is 0 Å². The zero-order valence-electron chi connectivity index (χ0n) is 11.4. The van der Waals surface area contributed by atoms with E-state index in [1.165, 1.54) is 0 Å². The van der Waals surface area contributed by atoms with Crippen molar-refractivity contribution in [2.24, 2.45) is 0 Å². The molecule has 0 fully saturated rings. The number of unbranched alkanes of at least 4 members (excludes halogenated alkanes) is 1. The fourth-order valence-electron chi connectivity index (χ4n) is 1.89. The number of hydrogen-bond acceptors (Lipinski definition) is 4. The number of fused-ring (bicyclic) bond motifs is 1. The van der Waals surface area contributed by atoms with Gasteiger partial charge in [-0.1, -0.05) is 31.0 Å². The molecule has 1 aromatic heterocycles. The minimum absolute atomic E-state index is 0.0515. The van der Waals surface area contributed by atoms with Crippen LogP contribution in [0.15, 0.2) is 22.8 Å². The maximum atomic E-state index is 11.9. The highest BCUT2D eigenvalue weighted by Crippen LogP contribution is 2.33. The van der Waals surface area contributed by atoms with Gasteiger partial charge in [-0.3, -0.25) is 0 Å². The number of rotatable bonds is 4. The van der Waals surface area contributed by atoms with Crippen molar-refractivity contribution in [1.29, 1.82) is 0 Å². The molecule has 0 amide bonds. The Bertz CT molecular complexity index is 655. The molecule has 1 N–H and O–H groups in total. The highest BCUT2D eigenvalue weighted by atomic mass is 79.9. The van der Waals surface area contributed by atoms with Crippen molar-refractivity contribution in [3.63, 3.8) is 0 Å². The number of carbonyl (C=O) groups is 1. The van der Waals surface area contributed by atoms with Crippen LogP contribution < -0.4 is 0 Å². The van der Waals surface area contributed by atoms with Gasteiger partial charge in [-0.25, -0.2) is 9.78 Å². The van der Waals surface area contributed by atoms with E-state index in [0.29, 0.717) is 16.6 Å². The first-order chi connectivity index (χ1) is 9.54. The summed E-state index contributed by atoms with van der Waals surface area (Å²) in [6.45, 7) is 4.30. The molecular formula is C15H16BrNO3. The van der Waals surface area contributed by atoms with E-state index in [2.05, 4.69) is 20.9 Å². The maximum Gasteiger partial charge on any atom is 0.360 e. The lowest BCUT2D eigenvalue weighted by Gasteiger charge is -2.09. The number of nitrogens with zero attached hydrogens (tertiary/aromatic N) is 1. The normalized spacial score (nSPS) is 10.8. The summed E-state index contributed by atoms with van der Waals surface area (Å²) in [4.78, 5) is 16.1. The van der Waals surface area contributed by atoms with Gasteiger partial charge in [0.15, 0.2) is 11.4 Å². The van der Waals surface area contributed by atoms with Gasteiger partial charge in [-0.05, 0) is 35.3 Å². The highest BCUT2D eigenvalue weighted by Gasteiger charge is 2.19. The van der Waals surface area contributed by atoms with Crippen LogP contribution in [0.1, 0.15) is 35.8 Å². The first-order valence-electron chi connectivity index (χ1n) is 6.50. The summed E-state index contributed by atoms with van der Waals surface area (Å²) in [5.41, 5.74) is 1.00. The molecule has 0 saturated carbocycles. The van der Waals surface area contributed by atoms with Crippen molar-refractivity contribution in [3.05, 3.63) is 34.1 Å². The molecule has 0 bridgehead atoms. The lowest BCUT2D eigenvalue weighted by atomic mass is 10.1. The Kier molecular flexibility index (Phi) is 4.60. The van der Waals surface area contributed by atoms with Crippen LogP contribution >= 0.6 is 15.9 Å². The van der Waals surface area contributed by atoms with Gasteiger partial charge >= 0.3 is 5.97 Å². The van der Waals surface area contributed by atoms with E-state index < -0.39 is 5.97 Å². The van der Waals surface area contributed by atoms with E-state index in [1.807, 2.05) is 26.0 Å². The molecule has 2 aromatic rings. The Balaban J connectivity index is 2.42. The van der Waals surface area contributed by atoms with Crippen molar-refractivity contribution < 1.29 is 14.6 Å². The molecule has 0 aliphatic rings. The summed E-state index contributed by atoms with van der Waals surface area (Å²) in [7, 11) is 0. The second kappa shape index (κ2) is 6.22. The number of aryl methyl sites for hydroxylation is 1. The third-order valence-electron chi connectivity index (χ3n) is 3.01. The van der Waals surface area contributed by atoms with Gasteiger partial charge in [0.05, 0.1) is 6.61 Å². The Morgan fingerprint density at radius 1 is 1.40 bits per heavy atom. The van der Waals surface area contributed by atoms with Gasteiger partial charge in [0.2, 0.25) is 0 Å². The minimum Gasteiger partial charge on any atom is -0.505 e. The van der Waals surface area contributed by atoms with Crippen LogP contribution in [-0.2, 0) is 4.74 Å². The summed E-state index contributed by atoms with van der Waals surface area (Å²) in [5.74, 6) is -0.733. The topological polar surface area (TPSA) is 59.4 Å². The summed E-state index contributed by atoms with van der Waals surface area (Å²) < 4.78 is 5.62. The molecule has 0 aliphatic heterocycles. The van der Waals surface area contributed by atoms with Crippen molar-refractivity contribution in [1.82, 2.24) is 4.98 Å². The molecule has 1 aromatic carbocycles. The molecule has 2 rings (SSSR count). The van der Waals surface area contributed by atoms with Crippen molar-refractivity contribution in [3.8, 4) is 5.75 Å². The number of esters is 1. The van der Waals surface area contributed by atoms with E-state index in [4.69, 9.17) is 4.74 Å². The minimum atomic E-state index is -0.598. The van der Waals surface area contributed by atoms with Crippen LogP contribution in [0.25, 0.3) is 10.8 Å². The molecule has 0 aliphatic carbocycles. The van der Waals surface area contributed by atoms with E-state index in [0.717, 1.165) is 23.8 Å². The number of aromatic hydroxyl groups is 1. The van der Waals surface area contributed by atoms with E-state index >= 15 is 0 Å². The Morgan fingerprint density at radius 3 is 2.85 bits per heavy atom. The maximum absolute atomic E-state index is 11.9. The molecule has 0 unspecified atom stereocenters. The molecule has 0 saturated heterocycles. The second-order valence-corrected chi connectivity index (χ2v) is 5.39. The predicted molar refractivity (Wildman–Crippen MR) is 81.0 cm³/mol. The first kappa shape index (κ1) is 14.8. The molecule has 5 heteroatoms. The zero-order chi connectivity index (χ0) is 14.7. The summed E-state index contributed by atoms with van der Waals surface area (Å²) in [6.07, 6.45) is 1.73.